The van der Waals surface area contributed by atoms with Gasteiger partial charge in [-0.15, -0.1) is 0 Å². The number of benzene rings is 2. The van der Waals surface area contributed by atoms with Gasteiger partial charge in [0.1, 0.15) is 18.0 Å². The molecule has 11 heteroatoms. The van der Waals surface area contributed by atoms with Crippen LogP contribution < -0.4 is 9.64 Å². The number of aryl methyl sites for hydroxylation is 1. The molecule has 0 radical (unpaired) electrons. The SMILES string of the molecule is C=CC(=O)N1CCN(c2nc(OC[C@@H]3CCCN3C)nc3cc(-c4c(Cl)c(C)cc5[nH]ncc45)c4ccoc4c23)CC1. The minimum atomic E-state index is -0.0643. The van der Waals surface area contributed by atoms with Gasteiger partial charge < -0.3 is 23.9 Å². The summed E-state index contributed by atoms with van der Waals surface area (Å²) < 4.78 is 12.4. The van der Waals surface area contributed by atoms with Crippen LogP contribution in [0.3, 0.4) is 0 Å². The fourth-order valence-electron chi connectivity index (χ4n) is 6.29. The van der Waals surface area contributed by atoms with Crippen LogP contribution in [-0.4, -0.2) is 88.3 Å². The van der Waals surface area contributed by atoms with Gasteiger partial charge in [0.25, 0.3) is 0 Å². The molecule has 1 N–H and O–H groups in total. The van der Waals surface area contributed by atoms with E-state index in [1.54, 1.807) is 17.4 Å². The number of likely N-dealkylation sites (tertiary alicyclic amines) is 1. The van der Waals surface area contributed by atoms with Gasteiger partial charge in [-0.1, -0.05) is 18.2 Å². The second kappa shape index (κ2) is 10.6. The molecule has 2 aliphatic heterocycles. The molecule has 0 saturated carbocycles. The largest absolute Gasteiger partial charge is 0.463 e. The quantitative estimate of drug-likeness (QED) is 0.272. The number of likely N-dealkylation sites (N-methyl/N-ethyl adjacent to an activating group) is 1. The molecule has 5 heterocycles. The lowest BCUT2D eigenvalue weighted by Gasteiger charge is -2.35. The Morgan fingerprint density at radius 3 is 2.81 bits per heavy atom. The first-order valence-corrected chi connectivity index (χ1v) is 14.6. The monoisotopic (exact) mass is 585 g/mol. The minimum absolute atomic E-state index is 0.0643. The zero-order valence-corrected chi connectivity index (χ0v) is 24.4. The molecule has 0 bridgehead atoms. The van der Waals surface area contributed by atoms with Gasteiger partial charge >= 0.3 is 6.01 Å². The molecule has 3 aromatic heterocycles. The van der Waals surface area contributed by atoms with Gasteiger partial charge in [0, 0.05) is 48.6 Å². The van der Waals surface area contributed by atoms with Crippen molar-refractivity contribution in [1.29, 1.82) is 0 Å². The Morgan fingerprint density at radius 2 is 2.05 bits per heavy atom. The molecule has 7 rings (SSSR count). The van der Waals surface area contributed by atoms with Crippen LogP contribution >= 0.6 is 11.6 Å². The molecule has 2 saturated heterocycles. The number of nitrogens with zero attached hydrogens (tertiary/aromatic N) is 6. The average molecular weight is 586 g/mol. The third-order valence-corrected chi connectivity index (χ3v) is 9.12. The Hall–Kier alpha value is -4.15. The predicted molar refractivity (Wildman–Crippen MR) is 164 cm³/mol. The van der Waals surface area contributed by atoms with Crippen molar-refractivity contribution < 1.29 is 13.9 Å². The van der Waals surface area contributed by atoms with Gasteiger partial charge in [0.15, 0.2) is 0 Å². The number of halogens is 1. The molecule has 2 aromatic carbocycles. The van der Waals surface area contributed by atoms with Crippen LogP contribution in [0.25, 0.3) is 43.9 Å². The van der Waals surface area contributed by atoms with Crippen molar-refractivity contribution in [2.75, 3.05) is 51.3 Å². The number of carbonyl (C=O) groups is 1. The zero-order valence-electron chi connectivity index (χ0n) is 23.7. The van der Waals surface area contributed by atoms with E-state index >= 15 is 0 Å². The number of amides is 1. The number of ether oxygens (including phenoxy) is 1. The lowest BCUT2D eigenvalue weighted by atomic mass is 9.95. The average Bonchev–Trinajstić information content (AvgIpc) is 3.77. The first kappa shape index (κ1) is 26.7. The smallest absolute Gasteiger partial charge is 0.319 e. The maximum Gasteiger partial charge on any atom is 0.319 e. The summed E-state index contributed by atoms with van der Waals surface area (Å²) in [5, 5.41) is 10.7. The lowest BCUT2D eigenvalue weighted by Crippen LogP contribution is -2.48. The van der Waals surface area contributed by atoms with Gasteiger partial charge in [-0.3, -0.25) is 9.89 Å². The van der Waals surface area contributed by atoms with Gasteiger partial charge in [-0.2, -0.15) is 15.1 Å². The zero-order chi connectivity index (χ0) is 29.0. The van der Waals surface area contributed by atoms with E-state index < -0.39 is 0 Å². The summed E-state index contributed by atoms with van der Waals surface area (Å²) >= 11 is 6.97. The number of fused-ring (bicyclic) bond motifs is 4. The summed E-state index contributed by atoms with van der Waals surface area (Å²) in [5.74, 6) is 0.668. The molecule has 0 aliphatic carbocycles. The summed E-state index contributed by atoms with van der Waals surface area (Å²) in [6, 6.07) is 6.66. The number of hydrogen-bond acceptors (Lipinski definition) is 8. The van der Waals surface area contributed by atoms with Crippen molar-refractivity contribution in [3.63, 3.8) is 0 Å². The first-order chi connectivity index (χ1) is 20.4. The number of furan rings is 1. The molecule has 2 fully saturated rings. The topological polar surface area (TPSA) is 104 Å². The van der Waals surface area contributed by atoms with Crippen LogP contribution in [0.2, 0.25) is 5.02 Å². The van der Waals surface area contributed by atoms with Gasteiger partial charge in [-0.25, -0.2) is 0 Å². The molecule has 5 aromatic rings. The number of piperazine rings is 1. The van der Waals surface area contributed by atoms with Crippen LogP contribution in [0.15, 0.2) is 47.7 Å². The first-order valence-electron chi connectivity index (χ1n) is 14.3. The van der Waals surface area contributed by atoms with E-state index in [-0.39, 0.29) is 5.91 Å². The lowest BCUT2D eigenvalue weighted by molar-refractivity contribution is -0.126. The third kappa shape index (κ3) is 4.46. The van der Waals surface area contributed by atoms with Crippen molar-refractivity contribution in [2.24, 2.45) is 0 Å². The van der Waals surface area contributed by atoms with Gasteiger partial charge in [0.2, 0.25) is 5.91 Å². The molecule has 0 unspecified atom stereocenters. The van der Waals surface area contributed by atoms with E-state index in [1.807, 2.05) is 19.1 Å². The number of aromatic amines is 1. The van der Waals surface area contributed by atoms with E-state index in [1.165, 1.54) is 6.08 Å². The summed E-state index contributed by atoms with van der Waals surface area (Å²) in [6.45, 7) is 9.55. The molecule has 1 amide bonds. The van der Waals surface area contributed by atoms with E-state index in [0.29, 0.717) is 61.0 Å². The van der Waals surface area contributed by atoms with Crippen LogP contribution in [0.5, 0.6) is 6.01 Å². The van der Waals surface area contributed by atoms with Crippen LogP contribution in [0.4, 0.5) is 5.82 Å². The van der Waals surface area contributed by atoms with Crippen molar-refractivity contribution in [2.45, 2.75) is 25.8 Å². The fraction of sp³-hybridized carbons (Fsp3) is 0.355. The number of rotatable bonds is 6. The summed E-state index contributed by atoms with van der Waals surface area (Å²) in [4.78, 5) is 28.4. The highest BCUT2D eigenvalue weighted by Gasteiger charge is 2.28. The highest BCUT2D eigenvalue weighted by molar-refractivity contribution is 6.36. The Kier molecular flexibility index (Phi) is 6.74. The number of nitrogens with one attached hydrogen (secondary N) is 1. The predicted octanol–water partition coefficient (Wildman–Crippen LogP) is 5.19. The van der Waals surface area contributed by atoms with Crippen molar-refractivity contribution >= 4 is 56.1 Å². The number of hydrogen-bond donors (Lipinski definition) is 1. The molecule has 0 spiro atoms. The molecule has 10 nitrogen and oxygen atoms in total. The molecule has 216 valence electrons. The molecular weight excluding hydrogens is 554 g/mol. The molecule has 42 heavy (non-hydrogen) atoms. The van der Waals surface area contributed by atoms with Crippen LogP contribution in [0, 0.1) is 6.92 Å². The van der Waals surface area contributed by atoms with Gasteiger partial charge in [0.05, 0.1) is 33.9 Å². The Balaban J connectivity index is 1.40. The van der Waals surface area contributed by atoms with E-state index in [9.17, 15) is 4.79 Å². The molecule has 2 aliphatic rings. The summed E-state index contributed by atoms with van der Waals surface area (Å²) in [6.07, 6.45) is 7.09. The molecular formula is C31H32ClN7O3. The number of aromatic nitrogens is 4. The Labute approximate surface area is 247 Å². The second-order valence-electron chi connectivity index (χ2n) is 11.1. The summed E-state index contributed by atoms with van der Waals surface area (Å²) in [7, 11) is 2.12. The minimum Gasteiger partial charge on any atom is -0.463 e. The highest BCUT2D eigenvalue weighted by Crippen LogP contribution is 2.44. The van der Waals surface area contributed by atoms with E-state index in [0.717, 1.165) is 63.6 Å². The van der Waals surface area contributed by atoms with E-state index in [4.69, 9.17) is 30.7 Å². The highest BCUT2D eigenvalue weighted by atomic mass is 35.5. The van der Waals surface area contributed by atoms with Crippen LogP contribution in [0.1, 0.15) is 18.4 Å². The second-order valence-corrected chi connectivity index (χ2v) is 11.5. The van der Waals surface area contributed by atoms with Crippen molar-refractivity contribution in [3.8, 4) is 17.1 Å². The Bertz CT molecular complexity index is 1840. The fourth-order valence-corrected chi connectivity index (χ4v) is 6.55. The van der Waals surface area contributed by atoms with Crippen molar-refractivity contribution in [1.82, 2.24) is 30.0 Å². The number of H-pyrrole nitrogens is 1. The summed E-state index contributed by atoms with van der Waals surface area (Å²) in [5.41, 5.74) is 5.01. The van der Waals surface area contributed by atoms with Crippen LogP contribution in [-0.2, 0) is 4.79 Å². The third-order valence-electron chi connectivity index (χ3n) is 8.64. The standard InChI is InChI=1S/C31H32ClN7O3/c1-4-25(40)38-9-11-39(12-10-38)30-27-24(34-31(35-30)42-17-19-6-5-8-37(19)3)15-21(20-7-13-41-29(20)27)26-22-16-33-36-23(22)14-18(2)28(26)32/h4,7,13-16,19H,1,5-6,8-12,17H2,2-3H3,(H,33,36)/t19-/m0/s1. The normalized spacial score (nSPS) is 18.0. The Morgan fingerprint density at radius 1 is 1.21 bits per heavy atom. The number of carbonyl (C=O) groups excluding carboxylic acids is 1. The van der Waals surface area contributed by atoms with E-state index in [2.05, 4.69) is 39.7 Å². The maximum atomic E-state index is 12.3. The van der Waals surface area contributed by atoms with Gasteiger partial charge in [-0.05, 0) is 68.8 Å². The number of anilines is 1. The molecule has 1 atom stereocenters. The van der Waals surface area contributed by atoms with Crippen molar-refractivity contribution in [3.05, 3.63) is 53.9 Å². The maximum absolute atomic E-state index is 12.3.